The number of likely N-dealkylation sites (N-methyl/N-ethyl adjacent to an activating group) is 1. The Hall–Kier alpha value is -5.26. The summed E-state index contributed by atoms with van der Waals surface area (Å²) in [5.74, 6) is 0.906. The maximum Gasteiger partial charge on any atom is 0.275 e. The zero-order valence-electron chi connectivity index (χ0n) is 27.7. The molecule has 0 saturated carbocycles. The van der Waals surface area contributed by atoms with Gasteiger partial charge in [0.2, 0.25) is 5.91 Å². The predicted molar refractivity (Wildman–Crippen MR) is 191 cm³/mol. The normalized spacial score (nSPS) is 14.4. The van der Waals surface area contributed by atoms with E-state index in [9.17, 15) is 18.0 Å². The van der Waals surface area contributed by atoms with E-state index >= 15 is 0 Å². The molecule has 1 saturated heterocycles. The average molecular weight is 676 g/mol. The first-order valence-electron chi connectivity index (χ1n) is 16.2. The van der Waals surface area contributed by atoms with Gasteiger partial charge in [-0.2, -0.15) is 0 Å². The lowest BCUT2D eigenvalue weighted by Crippen LogP contribution is -2.36. The number of benzene rings is 3. The molecule has 1 amide bonds. The van der Waals surface area contributed by atoms with Crippen LogP contribution in [0.3, 0.4) is 0 Å². The van der Waals surface area contributed by atoms with Crippen LogP contribution in [0.1, 0.15) is 12.0 Å². The first-order valence-corrected chi connectivity index (χ1v) is 17.7. The maximum atomic E-state index is 13.6. The van der Waals surface area contributed by atoms with E-state index in [-0.39, 0.29) is 16.3 Å². The third kappa shape index (κ3) is 6.34. The Kier molecular flexibility index (Phi) is 8.56. The molecule has 6 aromatic rings. The molecule has 10 nitrogen and oxygen atoms in total. The molecular weight excluding hydrogens is 639 g/mol. The van der Waals surface area contributed by atoms with Gasteiger partial charge in [0.05, 0.1) is 22.7 Å². The van der Waals surface area contributed by atoms with Crippen LogP contribution in [-0.4, -0.2) is 77.5 Å². The standard InChI is InChI=1S/C38H37N5O5S/c1-26-5-13-31(14-6-26)49(46,47)43-20-17-32-33(24-41(3)38(45)37(32)43)28-9-15-35-29(23-28)10-16-34(39-35)27-7-11-30(12-8-27)48-22-21-42-19-4-18-40(2)36(44)25-42/h5-17,20,23-24H,4,18-19,21-22,25H2,1-3H3. The molecule has 0 radical (unpaired) electrons. The number of aryl methyl sites for hydroxylation is 2. The number of hydrogen-bond donors (Lipinski definition) is 0. The van der Waals surface area contributed by atoms with Crippen LogP contribution < -0.4 is 10.3 Å². The highest BCUT2D eigenvalue weighted by Crippen LogP contribution is 2.32. The lowest BCUT2D eigenvalue weighted by Gasteiger charge is -2.19. The minimum atomic E-state index is -3.99. The van der Waals surface area contributed by atoms with E-state index in [0.717, 1.165) is 68.1 Å². The van der Waals surface area contributed by atoms with E-state index in [1.165, 1.54) is 10.8 Å². The number of carbonyl (C=O) groups is 1. The van der Waals surface area contributed by atoms with E-state index in [0.29, 0.717) is 25.1 Å². The first-order chi connectivity index (χ1) is 23.6. The van der Waals surface area contributed by atoms with E-state index in [1.54, 1.807) is 48.5 Å². The Bertz CT molecular complexity index is 2360. The summed E-state index contributed by atoms with van der Waals surface area (Å²) < 4.78 is 35.7. The Morgan fingerprint density at radius 1 is 0.857 bits per heavy atom. The highest BCUT2D eigenvalue weighted by atomic mass is 32.2. The molecule has 0 bridgehead atoms. The third-order valence-electron chi connectivity index (χ3n) is 9.14. The molecule has 3 aromatic carbocycles. The number of fused-ring (bicyclic) bond motifs is 2. The maximum absolute atomic E-state index is 13.6. The van der Waals surface area contributed by atoms with Gasteiger partial charge < -0.3 is 14.2 Å². The second kappa shape index (κ2) is 13.0. The zero-order valence-corrected chi connectivity index (χ0v) is 28.5. The number of nitrogens with zero attached hydrogens (tertiary/aromatic N) is 5. The van der Waals surface area contributed by atoms with Gasteiger partial charge in [0.1, 0.15) is 17.9 Å². The highest BCUT2D eigenvalue weighted by Gasteiger charge is 2.23. The molecule has 49 heavy (non-hydrogen) atoms. The van der Waals surface area contributed by atoms with Crippen LogP contribution in [0, 0.1) is 6.92 Å². The van der Waals surface area contributed by atoms with Gasteiger partial charge in [0.25, 0.3) is 15.6 Å². The number of aromatic nitrogens is 3. The van der Waals surface area contributed by atoms with Gasteiger partial charge in [-0.25, -0.2) is 17.4 Å². The Morgan fingerprint density at radius 2 is 1.61 bits per heavy atom. The van der Waals surface area contributed by atoms with Crippen LogP contribution in [0.4, 0.5) is 0 Å². The second-order valence-corrected chi connectivity index (χ2v) is 14.4. The number of pyridine rings is 2. The zero-order chi connectivity index (χ0) is 34.3. The fourth-order valence-electron chi connectivity index (χ4n) is 6.29. The number of carbonyl (C=O) groups excluding carboxylic acids is 1. The molecule has 7 rings (SSSR count). The van der Waals surface area contributed by atoms with Crippen molar-refractivity contribution in [1.29, 1.82) is 0 Å². The fourth-order valence-corrected chi connectivity index (χ4v) is 7.64. The number of amides is 1. The molecule has 0 atom stereocenters. The molecule has 0 N–H and O–H groups in total. The molecule has 250 valence electrons. The van der Waals surface area contributed by atoms with Crippen molar-refractivity contribution in [1.82, 2.24) is 23.3 Å². The van der Waals surface area contributed by atoms with Crippen molar-refractivity contribution in [2.24, 2.45) is 7.05 Å². The predicted octanol–water partition coefficient (Wildman–Crippen LogP) is 5.31. The quantitative estimate of drug-likeness (QED) is 0.215. The minimum absolute atomic E-state index is 0.103. The van der Waals surface area contributed by atoms with Gasteiger partial charge in [-0.3, -0.25) is 14.5 Å². The smallest absolute Gasteiger partial charge is 0.275 e. The average Bonchev–Trinajstić information content (AvgIpc) is 3.49. The molecule has 1 aliphatic heterocycles. The summed E-state index contributed by atoms with van der Waals surface area (Å²) in [6.07, 6.45) is 4.16. The van der Waals surface area contributed by atoms with Crippen LogP contribution in [0.25, 0.3) is 44.2 Å². The Morgan fingerprint density at radius 3 is 2.39 bits per heavy atom. The summed E-state index contributed by atoms with van der Waals surface area (Å²) in [6, 6.07) is 26.0. The largest absolute Gasteiger partial charge is 0.492 e. The van der Waals surface area contributed by atoms with Gasteiger partial charge in [-0.1, -0.05) is 29.8 Å². The lowest BCUT2D eigenvalue weighted by atomic mass is 10.0. The van der Waals surface area contributed by atoms with Crippen LogP contribution >= 0.6 is 0 Å². The molecule has 3 aromatic heterocycles. The number of rotatable bonds is 8. The SMILES string of the molecule is Cc1ccc(S(=O)(=O)n2ccc3c(-c4ccc5nc(-c6ccc(OCCN7CCCN(C)C(=O)C7)cc6)ccc5c4)cn(C)c(=O)c32)cc1. The third-order valence-corrected chi connectivity index (χ3v) is 10.8. The van der Waals surface area contributed by atoms with Gasteiger partial charge in [-0.15, -0.1) is 0 Å². The topological polar surface area (TPSA) is 107 Å². The van der Waals surface area contributed by atoms with E-state index < -0.39 is 15.6 Å². The van der Waals surface area contributed by atoms with Gasteiger partial charge in [0, 0.05) is 68.0 Å². The summed E-state index contributed by atoms with van der Waals surface area (Å²) >= 11 is 0. The van der Waals surface area contributed by atoms with Crippen molar-refractivity contribution in [3.05, 3.63) is 113 Å². The van der Waals surface area contributed by atoms with Crippen molar-refractivity contribution in [3.63, 3.8) is 0 Å². The fraction of sp³-hybridized carbons (Fsp3) is 0.237. The molecule has 11 heteroatoms. The number of hydrogen-bond acceptors (Lipinski definition) is 7. The first kappa shape index (κ1) is 32.3. The van der Waals surface area contributed by atoms with Crippen molar-refractivity contribution >= 4 is 37.7 Å². The summed E-state index contributed by atoms with van der Waals surface area (Å²) in [6.45, 7) is 5.19. The summed E-state index contributed by atoms with van der Waals surface area (Å²) in [5.41, 5.74) is 4.81. The van der Waals surface area contributed by atoms with Crippen molar-refractivity contribution in [2.75, 3.05) is 39.8 Å². The van der Waals surface area contributed by atoms with E-state index in [1.807, 2.05) is 68.6 Å². The molecular formula is C38H37N5O5S. The van der Waals surface area contributed by atoms with Crippen molar-refractivity contribution in [2.45, 2.75) is 18.2 Å². The molecule has 0 aliphatic carbocycles. The second-order valence-electron chi connectivity index (χ2n) is 12.6. The van der Waals surface area contributed by atoms with Gasteiger partial charge in [0.15, 0.2) is 0 Å². The summed E-state index contributed by atoms with van der Waals surface area (Å²) in [5, 5.41) is 1.46. The van der Waals surface area contributed by atoms with Crippen LogP contribution in [0.5, 0.6) is 5.75 Å². The monoisotopic (exact) mass is 675 g/mol. The molecule has 0 spiro atoms. The minimum Gasteiger partial charge on any atom is -0.492 e. The highest BCUT2D eigenvalue weighted by molar-refractivity contribution is 7.90. The summed E-state index contributed by atoms with van der Waals surface area (Å²) in [4.78, 5) is 34.4. The van der Waals surface area contributed by atoms with E-state index in [4.69, 9.17) is 9.72 Å². The van der Waals surface area contributed by atoms with Crippen LogP contribution in [0.2, 0.25) is 0 Å². The molecule has 1 fully saturated rings. The van der Waals surface area contributed by atoms with Gasteiger partial charge in [-0.05, 0) is 79.6 Å². The van der Waals surface area contributed by atoms with Crippen molar-refractivity contribution in [3.8, 4) is 28.1 Å². The van der Waals surface area contributed by atoms with Crippen molar-refractivity contribution < 1.29 is 17.9 Å². The van der Waals surface area contributed by atoms with Crippen LogP contribution in [-0.2, 0) is 21.9 Å². The van der Waals surface area contributed by atoms with Gasteiger partial charge >= 0.3 is 0 Å². The lowest BCUT2D eigenvalue weighted by molar-refractivity contribution is -0.129. The summed E-state index contributed by atoms with van der Waals surface area (Å²) in [7, 11) is -0.511. The Balaban J connectivity index is 1.11. The van der Waals surface area contributed by atoms with E-state index in [2.05, 4.69) is 4.90 Å². The Labute approximate surface area is 284 Å². The molecule has 0 unspecified atom stereocenters. The molecule has 4 heterocycles. The number of ether oxygens (including phenoxy) is 1. The molecule has 1 aliphatic rings. The van der Waals surface area contributed by atoms with Crippen LogP contribution in [0.15, 0.2) is 107 Å².